The van der Waals surface area contributed by atoms with Gasteiger partial charge in [0, 0.05) is 0 Å². The Morgan fingerprint density at radius 2 is 1.90 bits per heavy atom. The van der Waals surface area contributed by atoms with Crippen LogP contribution in [0.2, 0.25) is 0 Å². The number of nitrogens with one attached hydrogen (secondary N) is 1. The molecular weight excluding hydrogens is 271 g/mol. The molecule has 0 aliphatic rings. The van der Waals surface area contributed by atoms with Gasteiger partial charge in [0.25, 0.3) is 0 Å². The lowest BCUT2D eigenvalue weighted by molar-refractivity contribution is -0.157. The number of halogens is 3. The van der Waals surface area contributed by atoms with E-state index in [0.29, 0.717) is 6.54 Å². The molecule has 108 valence electrons. The molecule has 2 aromatic rings. The van der Waals surface area contributed by atoms with Gasteiger partial charge in [0.2, 0.25) is 5.89 Å². The lowest BCUT2D eigenvalue weighted by Crippen LogP contribution is -2.23. The van der Waals surface area contributed by atoms with Gasteiger partial charge in [0.15, 0.2) is 0 Å². The van der Waals surface area contributed by atoms with Gasteiger partial charge >= 0.3 is 12.1 Å². The predicted octanol–water partition coefficient (Wildman–Crippen LogP) is 3.18. The van der Waals surface area contributed by atoms with Crippen LogP contribution in [0.4, 0.5) is 13.2 Å². The zero-order chi connectivity index (χ0) is 14.6. The summed E-state index contributed by atoms with van der Waals surface area (Å²) in [5.74, 6) is -1.41. The minimum absolute atomic E-state index is 0.0861. The van der Waals surface area contributed by atoms with Crippen LogP contribution in [0, 0.1) is 0 Å². The minimum atomic E-state index is -4.63. The third kappa shape index (κ3) is 3.36. The van der Waals surface area contributed by atoms with Gasteiger partial charge in [0.1, 0.15) is 6.04 Å². The number of hydrogen-bond donors (Lipinski definition) is 1. The summed E-state index contributed by atoms with van der Waals surface area (Å²) in [4.78, 5) is 0. The standard InChI is InChI=1S/C13H14F3N3O/c1-2-8-17-10(9-6-4-3-5-7-9)11-18-19-12(20-11)13(14,15)16/h3-7,10,17H,2,8H2,1H3. The maximum absolute atomic E-state index is 12.5. The van der Waals surface area contributed by atoms with Gasteiger partial charge < -0.3 is 9.73 Å². The quantitative estimate of drug-likeness (QED) is 0.916. The Hall–Kier alpha value is -1.89. The van der Waals surface area contributed by atoms with Crippen molar-refractivity contribution in [2.24, 2.45) is 0 Å². The van der Waals surface area contributed by atoms with E-state index in [4.69, 9.17) is 4.42 Å². The molecule has 1 atom stereocenters. The van der Waals surface area contributed by atoms with Crippen molar-refractivity contribution >= 4 is 0 Å². The van der Waals surface area contributed by atoms with Crippen LogP contribution in [0.15, 0.2) is 34.7 Å². The number of alkyl halides is 3. The maximum Gasteiger partial charge on any atom is 0.470 e. The highest BCUT2D eigenvalue weighted by atomic mass is 19.4. The van der Waals surface area contributed by atoms with Crippen LogP contribution in [-0.4, -0.2) is 16.7 Å². The Balaban J connectivity index is 2.29. The van der Waals surface area contributed by atoms with Crippen molar-refractivity contribution in [1.82, 2.24) is 15.5 Å². The first-order valence-corrected chi connectivity index (χ1v) is 6.21. The van der Waals surface area contributed by atoms with Crippen molar-refractivity contribution in [3.63, 3.8) is 0 Å². The molecule has 2 rings (SSSR count). The molecule has 0 amide bonds. The molecule has 0 aliphatic heterocycles. The molecule has 7 heteroatoms. The largest absolute Gasteiger partial charge is 0.470 e. The first kappa shape index (κ1) is 14.5. The highest BCUT2D eigenvalue weighted by molar-refractivity contribution is 5.23. The van der Waals surface area contributed by atoms with E-state index in [9.17, 15) is 13.2 Å². The fourth-order valence-corrected chi connectivity index (χ4v) is 1.75. The number of aromatic nitrogens is 2. The number of hydrogen-bond acceptors (Lipinski definition) is 4. The Kier molecular flexibility index (Phi) is 4.39. The number of rotatable bonds is 5. The molecule has 0 bridgehead atoms. The molecule has 0 spiro atoms. The average molecular weight is 285 g/mol. The first-order valence-electron chi connectivity index (χ1n) is 6.21. The predicted molar refractivity (Wildman–Crippen MR) is 65.9 cm³/mol. The Bertz CT molecular complexity index is 539. The van der Waals surface area contributed by atoms with Crippen molar-refractivity contribution in [3.05, 3.63) is 47.7 Å². The molecular formula is C13H14F3N3O. The van der Waals surface area contributed by atoms with Crippen LogP contribution in [0.5, 0.6) is 0 Å². The van der Waals surface area contributed by atoms with Crippen LogP contribution in [0.1, 0.15) is 36.7 Å². The molecule has 1 unspecified atom stereocenters. The van der Waals surface area contributed by atoms with Crippen LogP contribution in [-0.2, 0) is 6.18 Å². The third-order valence-electron chi connectivity index (χ3n) is 2.66. The number of benzene rings is 1. The van der Waals surface area contributed by atoms with Crippen molar-refractivity contribution in [1.29, 1.82) is 0 Å². The van der Waals surface area contributed by atoms with E-state index < -0.39 is 18.1 Å². The topological polar surface area (TPSA) is 51.0 Å². The molecule has 0 saturated carbocycles. The van der Waals surface area contributed by atoms with E-state index in [0.717, 1.165) is 12.0 Å². The summed E-state index contributed by atoms with van der Waals surface area (Å²) < 4.78 is 42.3. The lowest BCUT2D eigenvalue weighted by Gasteiger charge is -2.14. The van der Waals surface area contributed by atoms with E-state index in [1.165, 1.54) is 0 Å². The normalized spacial score (nSPS) is 13.4. The second kappa shape index (κ2) is 6.04. The second-order valence-corrected chi connectivity index (χ2v) is 4.24. The molecule has 1 aromatic heterocycles. The summed E-state index contributed by atoms with van der Waals surface area (Å²) in [6.45, 7) is 2.59. The van der Waals surface area contributed by atoms with Crippen molar-refractivity contribution in [2.75, 3.05) is 6.54 Å². The Morgan fingerprint density at radius 3 is 2.45 bits per heavy atom. The highest BCUT2D eigenvalue weighted by Gasteiger charge is 2.39. The molecule has 4 nitrogen and oxygen atoms in total. The Morgan fingerprint density at radius 1 is 1.20 bits per heavy atom. The Labute approximate surface area is 114 Å². The third-order valence-corrected chi connectivity index (χ3v) is 2.66. The van der Waals surface area contributed by atoms with Crippen molar-refractivity contribution < 1.29 is 17.6 Å². The molecule has 0 saturated heterocycles. The summed E-state index contributed by atoms with van der Waals surface area (Å²) in [7, 11) is 0. The summed E-state index contributed by atoms with van der Waals surface area (Å²) in [6, 6.07) is 8.48. The van der Waals surface area contributed by atoms with E-state index in [-0.39, 0.29) is 5.89 Å². The highest BCUT2D eigenvalue weighted by Crippen LogP contribution is 2.30. The van der Waals surface area contributed by atoms with Gasteiger partial charge in [-0.15, -0.1) is 10.2 Å². The van der Waals surface area contributed by atoms with E-state index in [2.05, 4.69) is 15.5 Å². The molecule has 1 heterocycles. The van der Waals surface area contributed by atoms with E-state index in [1.54, 1.807) is 24.3 Å². The van der Waals surface area contributed by atoms with Gasteiger partial charge in [-0.05, 0) is 18.5 Å². The second-order valence-electron chi connectivity index (χ2n) is 4.24. The summed E-state index contributed by atoms with van der Waals surface area (Å²) >= 11 is 0. The van der Waals surface area contributed by atoms with Gasteiger partial charge in [-0.3, -0.25) is 0 Å². The van der Waals surface area contributed by atoms with Gasteiger partial charge in [-0.2, -0.15) is 13.2 Å². The fourth-order valence-electron chi connectivity index (χ4n) is 1.75. The van der Waals surface area contributed by atoms with Crippen LogP contribution in [0.3, 0.4) is 0 Å². The van der Waals surface area contributed by atoms with Gasteiger partial charge in [0.05, 0.1) is 0 Å². The SMILES string of the molecule is CCCNC(c1ccccc1)c1nnc(C(F)(F)F)o1. The lowest BCUT2D eigenvalue weighted by atomic mass is 10.1. The monoisotopic (exact) mass is 285 g/mol. The van der Waals surface area contributed by atoms with Gasteiger partial charge in [-0.1, -0.05) is 37.3 Å². The molecule has 20 heavy (non-hydrogen) atoms. The molecule has 1 N–H and O–H groups in total. The van der Waals surface area contributed by atoms with E-state index in [1.807, 2.05) is 13.0 Å². The first-order chi connectivity index (χ1) is 9.52. The number of nitrogens with zero attached hydrogens (tertiary/aromatic N) is 2. The van der Waals surface area contributed by atoms with E-state index >= 15 is 0 Å². The van der Waals surface area contributed by atoms with Gasteiger partial charge in [-0.25, -0.2) is 0 Å². The summed E-state index contributed by atoms with van der Waals surface area (Å²) in [6.07, 6.45) is -3.79. The summed E-state index contributed by atoms with van der Waals surface area (Å²) in [5.41, 5.74) is 0.776. The van der Waals surface area contributed by atoms with Crippen LogP contribution >= 0.6 is 0 Å². The fraction of sp³-hybridized carbons (Fsp3) is 0.385. The molecule has 1 aromatic carbocycles. The maximum atomic E-state index is 12.5. The van der Waals surface area contributed by atoms with Crippen molar-refractivity contribution in [2.45, 2.75) is 25.6 Å². The summed E-state index contributed by atoms with van der Waals surface area (Å²) in [5, 5.41) is 9.68. The minimum Gasteiger partial charge on any atom is -0.415 e. The van der Waals surface area contributed by atoms with Crippen LogP contribution in [0.25, 0.3) is 0 Å². The zero-order valence-corrected chi connectivity index (χ0v) is 10.8. The van der Waals surface area contributed by atoms with Crippen molar-refractivity contribution in [3.8, 4) is 0 Å². The molecule has 0 aliphatic carbocycles. The zero-order valence-electron chi connectivity index (χ0n) is 10.8. The van der Waals surface area contributed by atoms with Crippen LogP contribution < -0.4 is 5.32 Å². The molecule has 0 fully saturated rings. The average Bonchev–Trinajstić information content (AvgIpc) is 2.90. The smallest absolute Gasteiger partial charge is 0.415 e. The molecule has 0 radical (unpaired) electrons.